The molecular weight excluding hydrogens is 308 g/mol. The molecule has 4 nitrogen and oxygen atoms in total. The third-order valence-corrected chi connectivity index (χ3v) is 4.46. The molecule has 3 rings (SSSR count). The van der Waals surface area contributed by atoms with E-state index >= 15 is 0 Å². The first-order valence-electron chi connectivity index (χ1n) is 6.41. The number of rotatable bonds is 2. The van der Waals surface area contributed by atoms with Gasteiger partial charge in [0.15, 0.2) is 5.72 Å². The van der Waals surface area contributed by atoms with Gasteiger partial charge in [0.1, 0.15) is 0 Å². The van der Waals surface area contributed by atoms with Crippen LogP contribution in [0, 0.1) is 0 Å². The molecule has 0 aliphatic carbocycles. The van der Waals surface area contributed by atoms with E-state index in [9.17, 15) is 9.90 Å². The molecule has 0 unspecified atom stereocenters. The summed E-state index contributed by atoms with van der Waals surface area (Å²) in [4.78, 5) is 13.1. The molecule has 21 heavy (non-hydrogen) atoms. The molecule has 1 N–H and O–H groups in total. The summed E-state index contributed by atoms with van der Waals surface area (Å²) in [7, 11) is 0. The smallest absolute Gasteiger partial charge is 0.286 e. The number of hydrogen-bond donors (Lipinski definition) is 1. The van der Waals surface area contributed by atoms with Gasteiger partial charge >= 0.3 is 0 Å². The van der Waals surface area contributed by atoms with Gasteiger partial charge in [-0.3, -0.25) is 4.79 Å². The third kappa shape index (κ3) is 2.48. The van der Waals surface area contributed by atoms with Gasteiger partial charge in [0, 0.05) is 22.7 Å². The highest BCUT2D eigenvalue weighted by Crippen LogP contribution is 2.37. The van der Waals surface area contributed by atoms with Crippen LogP contribution in [0.15, 0.2) is 46.9 Å². The minimum atomic E-state index is -1.46. The van der Waals surface area contributed by atoms with Gasteiger partial charge in [-0.15, -0.1) is 11.3 Å². The molecule has 0 bridgehead atoms. The van der Waals surface area contributed by atoms with Crippen molar-refractivity contribution < 1.29 is 9.90 Å². The van der Waals surface area contributed by atoms with E-state index in [0.717, 1.165) is 5.01 Å². The number of carbonyl (C=O) groups is 1. The number of hydrogen-bond acceptors (Lipinski definition) is 4. The van der Waals surface area contributed by atoms with E-state index in [1.165, 1.54) is 11.3 Å². The maximum absolute atomic E-state index is 12.6. The van der Waals surface area contributed by atoms with Crippen LogP contribution in [0.25, 0.3) is 0 Å². The molecule has 108 valence electrons. The van der Waals surface area contributed by atoms with Crippen LogP contribution in [0.2, 0.25) is 5.02 Å². The fraction of sp³-hybridized carbons (Fsp3) is 0.200. The van der Waals surface area contributed by atoms with Gasteiger partial charge in [0.05, 0.1) is 4.88 Å². The molecule has 0 fully saturated rings. The standard InChI is InChI=1S/C15H13ClN2O2S/c1-10-9-15(20,11-4-6-12(16)7-5-11)18(17-10)14(19)13-3-2-8-21-13/h2-8,20H,9H2,1H3/t15-/m0/s1. The predicted molar refractivity (Wildman–Crippen MR) is 83.6 cm³/mol. The van der Waals surface area contributed by atoms with E-state index in [1.807, 2.05) is 5.38 Å². The van der Waals surface area contributed by atoms with E-state index in [1.54, 1.807) is 43.3 Å². The second-order valence-electron chi connectivity index (χ2n) is 4.93. The van der Waals surface area contributed by atoms with Gasteiger partial charge in [0.2, 0.25) is 0 Å². The second kappa shape index (κ2) is 5.26. The molecule has 1 amide bonds. The van der Waals surface area contributed by atoms with Crippen LogP contribution in [-0.4, -0.2) is 21.7 Å². The van der Waals surface area contributed by atoms with E-state index in [2.05, 4.69) is 5.10 Å². The molecule has 1 aromatic carbocycles. The van der Waals surface area contributed by atoms with Gasteiger partial charge in [-0.05, 0) is 30.5 Å². The molecule has 0 radical (unpaired) electrons. The Morgan fingerprint density at radius 3 is 2.71 bits per heavy atom. The summed E-state index contributed by atoms with van der Waals surface area (Å²) in [6.45, 7) is 1.79. The third-order valence-electron chi connectivity index (χ3n) is 3.35. The fourth-order valence-electron chi connectivity index (χ4n) is 2.38. The summed E-state index contributed by atoms with van der Waals surface area (Å²) in [5, 5.41) is 18.8. The molecular formula is C15H13ClN2O2S. The van der Waals surface area contributed by atoms with Gasteiger partial charge < -0.3 is 5.11 Å². The topological polar surface area (TPSA) is 52.9 Å². The van der Waals surface area contributed by atoms with Crippen LogP contribution < -0.4 is 0 Å². The van der Waals surface area contributed by atoms with Crippen LogP contribution in [0.4, 0.5) is 0 Å². The summed E-state index contributed by atoms with van der Waals surface area (Å²) in [6.07, 6.45) is 0.283. The Morgan fingerprint density at radius 2 is 2.10 bits per heavy atom. The lowest BCUT2D eigenvalue weighted by Crippen LogP contribution is -2.43. The number of nitrogens with zero attached hydrogens (tertiary/aromatic N) is 2. The lowest BCUT2D eigenvalue weighted by atomic mass is 9.97. The van der Waals surface area contributed by atoms with E-state index in [-0.39, 0.29) is 12.3 Å². The highest BCUT2D eigenvalue weighted by molar-refractivity contribution is 7.12. The van der Waals surface area contributed by atoms with Crippen LogP contribution in [-0.2, 0) is 5.72 Å². The number of aliphatic hydroxyl groups is 1. The van der Waals surface area contributed by atoms with Crippen molar-refractivity contribution in [2.75, 3.05) is 0 Å². The number of hydrazone groups is 1. The summed E-state index contributed by atoms with van der Waals surface area (Å²) < 4.78 is 0. The molecule has 1 aliphatic rings. The number of benzene rings is 1. The number of halogens is 1. The highest BCUT2D eigenvalue weighted by atomic mass is 35.5. The van der Waals surface area contributed by atoms with Gasteiger partial charge in [0.25, 0.3) is 5.91 Å². The van der Waals surface area contributed by atoms with Crippen LogP contribution >= 0.6 is 22.9 Å². The molecule has 0 saturated heterocycles. The first-order valence-corrected chi connectivity index (χ1v) is 7.67. The van der Waals surface area contributed by atoms with Crippen molar-refractivity contribution in [1.29, 1.82) is 0 Å². The van der Waals surface area contributed by atoms with Crippen LogP contribution in [0.5, 0.6) is 0 Å². The van der Waals surface area contributed by atoms with Crippen LogP contribution in [0.1, 0.15) is 28.6 Å². The van der Waals surface area contributed by atoms with Crippen molar-refractivity contribution in [1.82, 2.24) is 5.01 Å². The van der Waals surface area contributed by atoms with Crippen molar-refractivity contribution in [2.24, 2.45) is 5.10 Å². The predicted octanol–water partition coefficient (Wildman–Crippen LogP) is 3.47. The van der Waals surface area contributed by atoms with Crippen molar-refractivity contribution in [3.05, 3.63) is 57.2 Å². The normalized spacial score (nSPS) is 21.5. The maximum Gasteiger partial charge on any atom is 0.286 e. The fourth-order valence-corrected chi connectivity index (χ4v) is 3.15. The van der Waals surface area contributed by atoms with E-state index in [4.69, 9.17) is 11.6 Å². The maximum atomic E-state index is 12.6. The van der Waals surface area contributed by atoms with Crippen molar-refractivity contribution in [2.45, 2.75) is 19.1 Å². The minimum absolute atomic E-state index is 0.283. The summed E-state index contributed by atoms with van der Waals surface area (Å²) in [5.41, 5.74) is -0.162. The number of carbonyl (C=O) groups excluding carboxylic acids is 1. The van der Waals surface area contributed by atoms with Crippen molar-refractivity contribution in [3.63, 3.8) is 0 Å². The Bertz CT molecular complexity index is 697. The highest BCUT2D eigenvalue weighted by Gasteiger charge is 2.45. The molecule has 1 aliphatic heterocycles. The van der Waals surface area contributed by atoms with Crippen LogP contribution in [0.3, 0.4) is 0 Å². The van der Waals surface area contributed by atoms with E-state index < -0.39 is 5.72 Å². The SMILES string of the molecule is CC1=NN(C(=O)c2cccs2)[C@@](O)(c2ccc(Cl)cc2)C1. The van der Waals surface area contributed by atoms with Crippen molar-refractivity contribution >= 4 is 34.6 Å². The first kappa shape index (κ1) is 14.3. The number of amides is 1. The quantitative estimate of drug-likeness (QED) is 0.921. The Hall–Kier alpha value is -1.69. The average molecular weight is 321 g/mol. The molecule has 1 atom stereocenters. The zero-order valence-corrected chi connectivity index (χ0v) is 12.9. The summed E-state index contributed by atoms with van der Waals surface area (Å²) in [5.74, 6) is -0.306. The first-order chi connectivity index (χ1) is 10.0. The Morgan fingerprint density at radius 1 is 1.38 bits per heavy atom. The van der Waals surface area contributed by atoms with Gasteiger partial charge in [-0.1, -0.05) is 29.8 Å². The zero-order chi connectivity index (χ0) is 15.0. The Balaban J connectivity index is 2.01. The largest absolute Gasteiger partial charge is 0.365 e. The molecule has 2 aromatic rings. The second-order valence-corrected chi connectivity index (χ2v) is 6.31. The minimum Gasteiger partial charge on any atom is -0.365 e. The molecule has 2 heterocycles. The Labute approximate surface area is 131 Å². The lowest BCUT2D eigenvalue weighted by Gasteiger charge is -2.31. The van der Waals surface area contributed by atoms with Gasteiger partial charge in [-0.2, -0.15) is 10.1 Å². The van der Waals surface area contributed by atoms with Crippen molar-refractivity contribution in [3.8, 4) is 0 Å². The monoisotopic (exact) mass is 320 g/mol. The molecule has 6 heteroatoms. The average Bonchev–Trinajstić information content (AvgIpc) is 3.07. The number of thiophene rings is 1. The van der Waals surface area contributed by atoms with Gasteiger partial charge in [-0.25, -0.2) is 0 Å². The summed E-state index contributed by atoms with van der Waals surface area (Å²) >= 11 is 7.21. The molecule has 0 spiro atoms. The van der Waals surface area contributed by atoms with E-state index in [0.29, 0.717) is 21.2 Å². The molecule has 1 aromatic heterocycles. The molecule has 0 saturated carbocycles. The lowest BCUT2D eigenvalue weighted by molar-refractivity contribution is -0.0763. The summed E-state index contributed by atoms with van der Waals surface area (Å²) in [6, 6.07) is 10.3. The zero-order valence-electron chi connectivity index (χ0n) is 11.3. The Kier molecular flexibility index (Phi) is 3.57.